The molecule has 1 rings (SSSR count). The standard InChI is InChI=1S/C14H22N2/c1-4-5-6-7-12(2)16-13(3)14-8-10-15-11-9-14/h4,8-13,16H,1,5-7H2,2-3H3. The van der Waals surface area contributed by atoms with E-state index in [9.17, 15) is 0 Å². The summed E-state index contributed by atoms with van der Waals surface area (Å²) in [6.07, 6.45) is 9.18. The molecule has 0 spiro atoms. The fourth-order valence-electron chi connectivity index (χ4n) is 1.83. The summed E-state index contributed by atoms with van der Waals surface area (Å²) in [6, 6.07) is 5.06. The van der Waals surface area contributed by atoms with Crippen molar-refractivity contribution in [2.45, 2.75) is 45.2 Å². The SMILES string of the molecule is C=CCCCC(C)NC(C)c1ccncc1. The first kappa shape index (κ1) is 12.9. The van der Waals surface area contributed by atoms with Gasteiger partial charge in [0.15, 0.2) is 0 Å². The molecule has 0 aromatic carbocycles. The molecule has 1 aromatic heterocycles. The van der Waals surface area contributed by atoms with Gasteiger partial charge in [0.2, 0.25) is 0 Å². The summed E-state index contributed by atoms with van der Waals surface area (Å²) in [5.74, 6) is 0. The Morgan fingerprint density at radius 3 is 2.69 bits per heavy atom. The van der Waals surface area contributed by atoms with Crippen LogP contribution in [-0.2, 0) is 0 Å². The van der Waals surface area contributed by atoms with Crippen LogP contribution in [0.5, 0.6) is 0 Å². The third-order valence-corrected chi connectivity index (χ3v) is 2.79. The molecule has 0 fully saturated rings. The molecule has 0 radical (unpaired) electrons. The van der Waals surface area contributed by atoms with Gasteiger partial charge in [-0.1, -0.05) is 6.08 Å². The summed E-state index contributed by atoms with van der Waals surface area (Å²) in [4.78, 5) is 4.03. The smallest absolute Gasteiger partial charge is 0.0295 e. The minimum absolute atomic E-state index is 0.390. The molecule has 1 heterocycles. The summed E-state index contributed by atoms with van der Waals surface area (Å²) in [7, 11) is 0. The summed E-state index contributed by atoms with van der Waals surface area (Å²) in [5, 5.41) is 3.59. The Morgan fingerprint density at radius 2 is 2.06 bits per heavy atom. The van der Waals surface area contributed by atoms with Gasteiger partial charge in [0.25, 0.3) is 0 Å². The number of rotatable bonds is 7. The van der Waals surface area contributed by atoms with Crippen LogP contribution in [0.1, 0.15) is 44.7 Å². The van der Waals surface area contributed by atoms with Gasteiger partial charge < -0.3 is 5.32 Å². The van der Waals surface area contributed by atoms with E-state index in [1.807, 2.05) is 18.5 Å². The topological polar surface area (TPSA) is 24.9 Å². The number of nitrogens with zero attached hydrogens (tertiary/aromatic N) is 1. The maximum absolute atomic E-state index is 4.03. The van der Waals surface area contributed by atoms with E-state index in [1.54, 1.807) is 0 Å². The van der Waals surface area contributed by atoms with E-state index < -0.39 is 0 Å². The van der Waals surface area contributed by atoms with Crippen LogP contribution in [-0.4, -0.2) is 11.0 Å². The first-order chi connectivity index (χ1) is 7.74. The zero-order valence-electron chi connectivity index (χ0n) is 10.3. The Morgan fingerprint density at radius 1 is 1.38 bits per heavy atom. The zero-order valence-corrected chi connectivity index (χ0v) is 10.3. The van der Waals surface area contributed by atoms with Crippen molar-refractivity contribution in [3.8, 4) is 0 Å². The lowest BCUT2D eigenvalue weighted by Crippen LogP contribution is -2.28. The van der Waals surface area contributed by atoms with E-state index in [-0.39, 0.29) is 0 Å². The Balaban J connectivity index is 2.33. The first-order valence-electron chi connectivity index (χ1n) is 6.01. The summed E-state index contributed by atoms with van der Waals surface area (Å²) in [5.41, 5.74) is 1.30. The number of pyridine rings is 1. The van der Waals surface area contributed by atoms with E-state index >= 15 is 0 Å². The minimum Gasteiger partial charge on any atom is -0.308 e. The highest BCUT2D eigenvalue weighted by atomic mass is 14.9. The van der Waals surface area contributed by atoms with Gasteiger partial charge in [0.05, 0.1) is 0 Å². The number of aromatic nitrogens is 1. The van der Waals surface area contributed by atoms with Crippen LogP contribution in [0.3, 0.4) is 0 Å². The van der Waals surface area contributed by atoms with Crippen LogP contribution < -0.4 is 5.32 Å². The van der Waals surface area contributed by atoms with Crippen LogP contribution >= 0.6 is 0 Å². The molecule has 16 heavy (non-hydrogen) atoms. The molecule has 2 unspecified atom stereocenters. The summed E-state index contributed by atoms with van der Waals surface area (Å²) >= 11 is 0. The molecule has 0 bridgehead atoms. The molecule has 0 aliphatic heterocycles. The molecule has 2 atom stereocenters. The normalized spacial score (nSPS) is 14.4. The molecule has 88 valence electrons. The van der Waals surface area contributed by atoms with Crippen LogP contribution in [0.4, 0.5) is 0 Å². The van der Waals surface area contributed by atoms with Gasteiger partial charge in [0, 0.05) is 24.5 Å². The predicted molar refractivity (Wildman–Crippen MR) is 69.3 cm³/mol. The van der Waals surface area contributed by atoms with Crippen LogP contribution in [0.25, 0.3) is 0 Å². The lowest BCUT2D eigenvalue weighted by molar-refractivity contribution is 0.447. The molecule has 0 amide bonds. The lowest BCUT2D eigenvalue weighted by Gasteiger charge is -2.20. The first-order valence-corrected chi connectivity index (χ1v) is 6.01. The van der Waals surface area contributed by atoms with Crippen LogP contribution in [0, 0.1) is 0 Å². The Labute approximate surface area is 98.8 Å². The zero-order chi connectivity index (χ0) is 11.8. The third-order valence-electron chi connectivity index (χ3n) is 2.79. The number of hydrogen-bond acceptors (Lipinski definition) is 2. The predicted octanol–water partition coefficient (Wildman–Crippen LogP) is 3.48. The van der Waals surface area contributed by atoms with Crippen molar-refractivity contribution >= 4 is 0 Å². The molecule has 0 aliphatic carbocycles. The van der Waals surface area contributed by atoms with E-state index in [0.29, 0.717) is 12.1 Å². The van der Waals surface area contributed by atoms with Gasteiger partial charge in [-0.2, -0.15) is 0 Å². The van der Waals surface area contributed by atoms with E-state index in [4.69, 9.17) is 0 Å². The second-order valence-corrected chi connectivity index (χ2v) is 4.29. The van der Waals surface area contributed by atoms with Gasteiger partial charge in [-0.3, -0.25) is 4.98 Å². The van der Waals surface area contributed by atoms with E-state index in [2.05, 4.69) is 42.9 Å². The van der Waals surface area contributed by atoms with Crippen LogP contribution in [0.15, 0.2) is 37.2 Å². The molecular weight excluding hydrogens is 196 g/mol. The number of hydrogen-bond donors (Lipinski definition) is 1. The van der Waals surface area contributed by atoms with E-state index in [0.717, 1.165) is 6.42 Å². The lowest BCUT2D eigenvalue weighted by atomic mass is 10.1. The Hall–Kier alpha value is -1.15. The molecule has 0 saturated heterocycles. The molecule has 2 heteroatoms. The second kappa shape index (κ2) is 7.18. The van der Waals surface area contributed by atoms with Crippen molar-refractivity contribution in [3.05, 3.63) is 42.7 Å². The van der Waals surface area contributed by atoms with Gasteiger partial charge >= 0.3 is 0 Å². The van der Waals surface area contributed by atoms with Crippen molar-refractivity contribution in [1.82, 2.24) is 10.3 Å². The van der Waals surface area contributed by atoms with E-state index in [1.165, 1.54) is 18.4 Å². The van der Waals surface area contributed by atoms with Crippen molar-refractivity contribution in [2.24, 2.45) is 0 Å². The molecule has 1 N–H and O–H groups in total. The van der Waals surface area contributed by atoms with Gasteiger partial charge in [-0.15, -0.1) is 6.58 Å². The number of unbranched alkanes of at least 4 members (excludes halogenated alkanes) is 1. The number of nitrogens with one attached hydrogen (secondary N) is 1. The van der Waals surface area contributed by atoms with Gasteiger partial charge in [-0.05, 0) is 50.8 Å². The molecule has 0 saturated carbocycles. The van der Waals surface area contributed by atoms with Crippen molar-refractivity contribution in [2.75, 3.05) is 0 Å². The van der Waals surface area contributed by atoms with Crippen molar-refractivity contribution < 1.29 is 0 Å². The summed E-state index contributed by atoms with van der Waals surface area (Å²) in [6.45, 7) is 8.17. The highest BCUT2D eigenvalue weighted by Crippen LogP contribution is 2.12. The number of allylic oxidation sites excluding steroid dienone is 1. The maximum Gasteiger partial charge on any atom is 0.0295 e. The minimum atomic E-state index is 0.390. The van der Waals surface area contributed by atoms with Crippen molar-refractivity contribution in [3.63, 3.8) is 0 Å². The molecule has 1 aromatic rings. The Bertz CT molecular complexity index is 295. The average Bonchev–Trinajstić information content (AvgIpc) is 2.30. The monoisotopic (exact) mass is 218 g/mol. The fraction of sp³-hybridized carbons (Fsp3) is 0.500. The summed E-state index contributed by atoms with van der Waals surface area (Å²) < 4.78 is 0. The molecular formula is C14H22N2. The highest BCUT2D eigenvalue weighted by molar-refractivity contribution is 5.14. The van der Waals surface area contributed by atoms with Gasteiger partial charge in [0.1, 0.15) is 0 Å². The fourth-order valence-corrected chi connectivity index (χ4v) is 1.83. The highest BCUT2D eigenvalue weighted by Gasteiger charge is 2.08. The largest absolute Gasteiger partial charge is 0.308 e. The second-order valence-electron chi connectivity index (χ2n) is 4.29. The molecule has 0 aliphatic rings. The average molecular weight is 218 g/mol. The van der Waals surface area contributed by atoms with Gasteiger partial charge in [-0.25, -0.2) is 0 Å². The third kappa shape index (κ3) is 4.58. The van der Waals surface area contributed by atoms with Crippen LogP contribution in [0.2, 0.25) is 0 Å². The maximum atomic E-state index is 4.03. The van der Waals surface area contributed by atoms with Crippen molar-refractivity contribution in [1.29, 1.82) is 0 Å². The molecule has 2 nitrogen and oxygen atoms in total. The Kier molecular flexibility index (Phi) is 5.79. The quantitative estimate of drug-likeness (QED) is 0.560.